The van der Waals surface area contributed by atoms with Gasteiger partial charge in [-0.1, -0.05) is 0 Å². The van der Waals surface area contributed by atoms with Crippen LogP contribution in [0.1, 0.15) is 16.8 Å². The van der Waals surface area contributed by atoms with Gasteiger partial charge in [0.05, 0.1) is 17.8 Å². The van der Waals surface area contributed by atoms with Gasteiger partial charge in [0.1, 0.15) is 5.82 Å². The molecular weight excluding hydrogens is 383 g/mol. The van der Waals surface area contributed by atoms with E-state index in [-0.39, 0.29) is 5.95 Å². The Morgan fingerprint density at radius 2 is 1.86 bits per heavy atom. The highest BCUT2D eigenvalue weighted by Crippen LogP contribution is 2.34. The number of hydrogen-bond acceptors (Lipinski definition) is 6. The van der Waals surface area contributed by atoms with Gasteiger partial charge in [0, 0.05) is 17.7 Å². The van der Waals surface area contributed by atoms with Gasteiger partial charge in [0.25, 0.3) is 0 Å². The summed E-state index contributed by atoms with van der Waals surface area (Å²) in [6.07, 6.45) is 0.605. The maximum Gasteiger partial charge on any atom is 0.222 e. The standard InChI is InChI=1S/C14H17IN4O2/c1-7-9(13(16)19-14(17)18-7)4-8-5-10(15)12(21-3)11(6-8)20-2/h5-6H,4H2,1-3H3,(H4,16,17,18,19). The van der Waals surface area contributed by atoms with Crippen LogP contribution in [0.3, 0.4) is 0 Å². The largest absolute Gasteiger partial charge is 0.493 e. The molecule has 0 bridgehead atoms. The summed E-state index contributed by atoms with van der Waals surface area (Å²) in [5, 5.41) is 0. The number of ether oxygens (including phenoxy) is 2. The highest BCUT2D eigenvalue weighted by Gasteiger charge is 2.14. The molecule has 0 aliphatic heterocycles. The summed E-state index contributed by atoms with van der Waals surface area (Å²) in [5.41, 5.74) is 14.2. The molecule has 7 heteroatoms. The fourth-order valence-corrected chi connectivity index (χ4v) is 3.02. The van der Waals surface area contributed by atoms with Crippen LogP contribution in [0.4, 0.5) is 11.8 Å². The van der Waals surface area contributed by atoms with Crippen molar-refractivity contribution in [2.45, 2.75) is 13.3 Å². The van der Waals surface area contributed by atoms with Crippen molar-refractivity contribution < 1.29 is 9.47 Å². The lowest BCUT2D eigenvalue weighted by atomic mass is 10.0. The quantitative estimate of drug-likeness (QED) is 0.764. The van der Waals surface area contributed by atoms with Crippen molar-refractivity contribution in [2.75, 3.05) is 25.7 Å². The third-order valence-electron chi connectivity index (χ3n) is 3.14. The van der Waals surface area contributed by atoms with Crippen molar-refractivity contribution in [1.82, 2.24) is 9.97 Å². The first-order valence-corrected chi connectivity index (χ1v) is 7.33. The molecule has 0 saturated carbocycles. The summed E-state index contributed by atoms with van der Waals surface area (Å²) in [6.45, 7) is 1.87. The number of aryl methyl sites for hydroxylation is 1. The number of anilines is 2. The van der Waals surface area contributed by atoms with Crippen LogP contribution in [-0.2, 0) is 6.42 Å². The molecule has 0 atom stereocenters. The monoisotopic (exact) mass is 400 g/mol. The van der Waals surface area contributed by atoms with E-state index in [0.717, 1.165) is 26.1 Å². The Kier molecular flexibility index (Phi) is 4.71. The molecule has 0 radical (unpaired) electrons. The molecule has 4 N–H and O–H groups in total. The van der Waals surface area contributed by atoms with E-state index in [4.69, 9.17) is 20.9 Å². The minimum Gasteiger partial charge on any atom is -0.493 e. The molecule has 0 amide bonds. The molecular formula is C14H17IN4O2. The maximum atomic E-state index is 5.95. The molecule has 0 aliphatic rings. The summed E-state index contributed by atoms with van der Waals surface area (Å²) in [7, 11) is 3.24. The Hall–Kier alpha value is -1.77. The molecule has 1 aromatic carbocycles. The lowest BCUT2D eigenvalue weighted by molar-refractivity contribution is 0.352. The van der Waals surface area contributed by atoms with Crippen molar-refractivity contribution in [2.24, 2.45) is 0 Å². The van der Waals surface area contributed by atoms with Crippen molar-refractivity contribution in [1.29, 1.82) is 0 Å². The zero-order valence-electron chi connectivity index (χ0n) is 12.1. The van der Waals surface area contributed by atoms with Gasteiger partial charge in [0.2, 0.25) is 5.95 Å². The van der Waals surface area contributed by atoms with Gasteiger partial charge >= 0.3 is 0 Å². The number of benzene rings is 1. The number of hydrogen-bond donors (Lipinski definition) is 2. The van der Waals surface area contributed by atoms with E-state index in [1.165, 1.54) is 0 Å². The first-order valence-electron chi connectivity index (χ1n) is 6.25. The van der Waals surface area contributed by atoms with E-state index in [0.29, 0.717) is 18.0 Å². The van der Waals surface area contributed by atoms with Crippen LogP contribution in [-0.4, -0.2) is 24.2 Å². The number of nitrogens with two attached hydrogens (primary N) is 2. The summed E-state index contributed by atoms with van der Waals surface area (Å²) in [5.74, 6) is 2.01. The molecule has 112 valence electrons. The first kappa shape index (κ1) is 15.6. The van der Waals surface area contributed by atoms with E-state index in [1.807, 2.05) is 19.1 Å². The van der Waals surface area contributed by atoms with Crippen LogP contribution in [0.15, 0.2) is 12.1 Å². The average Bonchev–Trinajstić information content (AvgIpc) is 2.42. The molecule has 6 nitrogen and oxygen atoms in total. The Morgan fingerprint density at radius 3 is 2.43 bits per heavy atom. The minimum absolute atomic E-state index is 0.190. The Balaban J connectivity index is 2.43. The van der Waals surface area contributed by atoms with E-state index in [1.54, 1.807) is 14.2 Å². The predicted molar refractivity (Wildman–Crippen MR) is 90.7 cm³/mol. The van der Waals surface area contributed by atoms with Crippen molar-refractivity contribution >= 4 is 34.4 Å². The molecule has 2 rings (SSSR count). The normalized spacial score (nSPS) is 10.5. The van der Waals surface area contributed by atoms with Gasteiger partial charge in [-0.25, -0.2) is 4.98 Å². The van der Waals surface area contributed by atoms with Gasteiger partial charge in [0.15, 0.2) is 11.5 Å². The number of nitrogens with zero attached hydrogens (tertiary/aromatic N) is 2. The lowest BCUT2D eigenvalue weighted by Gasteiger charge is -2.13. The summed E-state index contributed by atoms with van der Waals surface area (Å²) >= 11 is 2.21. The second kappa shape index (κ2) is 6.33. The molecule has 1 heterocycles. The highest BCUT2D eigenvalue weighted by atomic mass is 127. The topological polar surface area (TPSA) is 96.3 Å². The molecule has 0 spiro atoms. The smallest absolute Gasteiger partial charge is 0.222 e. The molecule has 0 saturated heterocycles. The van der Waals surface area contributed by atoms with Gasteiger partial charge in [-0.15, -0.1) is 0 Å². The second-order valence-corrected chi connectivity index (χ2v) is 5.68. The number of nitrogen functional groups attached to an aromatic ring is 2. The molecule has 0 unspecified atom stereocenters. The third kappa shape index (κ3) is 3.29. The van der Waals surface area contributed by atoms with E-state index in [2.05, 4.69) is 32.6 Å². The number of rotatable bonds is 4. The SMILES string of the molecule is COc1cc(Cc2c(C)nc(N)nc2N)cc(I)c1OC. The summed E-state index contributed by atoms with van der Waals surface area (Å²) < 4.78 is 11.7. The summed E-state index contributed by atoms with van der Waals surface area (Å²) in [6, 6.07) is 3.95. The minimum atomic E-state index is 0.190. The number of halogens is 1. The lowest BCUT2D eigenvalue weighted by Crippen LogP contribution is -2.07. The highest BCUT2D eigenvalue weighted by molar-refractivity contribution is 14.1. The van der Waals surface area contributed by atoms with Gasteiger partial charge in [-0.2, -0.15) is 4.98 Å². The first-order chi connectivity index (χ1) is 9.96. The van der Waals surface area contributed by atoms with E-state index >= 15 is 0 Å². The van der Waals surface area contributed by atoms with Crippen molar-refractivity contribution in [3.8, 4) is 11.5 Å². The predicted octanol–water partition coefficient (Wildman–Crippen LogP) is 2.16. The van der Waals surface area contributed by atoms with Gasteiger partial charge in [-0.3, -0.25) is 0 Å². The Morgan fingerprint density at radius 1 is 1.14 bits per heavy atom. The zero-order valence-corrected chi connectivity index (χ0v) is 14.3. The molecule has 21 heavy (non-hydrogen) atoms. The van der Waals surface area contributed by atoms with Crippen molar-refractivity contribution in [3.05, 3.63) is 32.5 Å². The van der Waals surface area contributed by atoms with Gasteiger partial charge in [-0.05, 0) is 47.2 Å². The van der Waals surface area contributed by atoms with Crippen LogP contribution in [0.2, 0.25) is 0 Å². The van der Waals surface area contributed by atoms with Crippen molar-refractivity contribution in [3.63, 3.8) is 0 Å². The third-order valence-corrected chi connectivity index (χ3v) is 3.94. The fourth-order valence-electron chi connectivity index (χ4n) is 2.14. The van der Waals surface area contributed by atoms with E-state index in [9.17, 15) is 0 Å². The van der Waals surface area contributed by atoms with Crippen LogP contribution < -0.4 is 20.9 Å². The molecule has 1 aromatic heterocycles. The Bertz CT molecular complexity index is 653. The molecule has 0 fully saturated rings. The van der Waals surface area contributed by atoms with Crippen LogP contribution in [0.5, 0.6) is 11.5 Å². The average molecular weight is 400 g/mol. The number of aromatic nitrogens is 2. The summed E-state index contributed by atoms with van der Waals surface area (Å²) in [4.78, 5) is 8.17. The Labute approximate surface area is 137 Å². The second-order valence-electron chi connectivity index (χ2n) is 4.52. The molecule has 2 aromatic rings. The number of methoxy groups -OCH3 is 2. The maximum absolute atomic E-state index is 5.95. The van der Waals surface area contributed by atoms with Crippen LogP contribution >= 0.6 is 22.6 Å². The molecule has 0 aliphatic carbocycles. The fraction of sp³-hybridized carbons (Fsp3) is 0.286. The van der Waals surface area contributed by atoms with Crippen LogP contribution in [0, 0.1) is 10.5 Å². The van der Waals surface area contributed by atoms with Crippen LogP contribution in [0.25, 0.3) is 0 Å². The van der Waals surface area contributed by atoms with E-state index < -0.39 is 0 Å². The zero-order chi connectivity index (χ0) is 15.6. The van der Waals surface area contributed by atoms with Gasteiger partial charge < -0.3 is 20.9 Å².